The Labute approximate surface area is 144 Å². The number of hydrogen-bond acceptors (Lipinski definition) is 5. The van der Waals surface area contributed by atoms with E-state index in [1.54, 1.807) is 0 Å². The molecule has 2 aliphatic heterocycles. The second kappa shape index (κ2) is 5.39. The standard InChI is InChI=1S/C17H21F2N5O/c1-8-6-24-10(7-22(8)3)5-20-14-11-15(13(19)9(2)12(14)18)23(4)17(25)21-16(11)24/h8,10,20H,5-7H2,1-4H3. The third-order valence-electron chi connectivity index (χ3n) is 5.56. The van der Waals surface area contributed by atoms with Crippen LogP contribution in [0.5, 0.6) is 0 Å². The summed E-state index contributed by atoms with van der Waals surface area (Å²) in [6, 6.07) is 0.276. The number of piperazine rings is 1. The zero-order valence-corrected chi connectivity index (χ0v) is 14.7. The minimum atomic E-state index is -0.707. The SMILES string of the molecule is Cc1c(F)c2c3c(nc(=O)n(C)c3c1F)N1CC(C)N(C)CC1CN2. The van der Waals surface area contributed by atoms with Gasteiger partial charge < -0.3 is 10.2 Å². The quantitative estimate of drug-likeness (QED) is 0.780. The van der Waals surface area contributed by atoms with Gasteiger partial charge in [0.05, 0.1) is 22.6 Å². The average molecular weight is 349 g/mol. The summed E-state index contributed by atoms with van der Waals surface area (Å²) in [6.45, 7) is 5.38. The second-order valence-corrected chi connectivity index (χ2v) is 7.10. The zero-order valence-electron chi connectivity index (χ0n) is 14.7. The Morgan fingerprint density at radius 3 is 2.64 bits per heavy atom. The fraction of sp³-hybridized carbons (Fsp3) is 0.529. The van der Waals surface area contributed by atoms with E-state index in [4.69, 9.17) is 0 Å². The van der Waals surface area contributed by atoms with Gasteiger partial charge in [-0.1, -0.05) is 0 Å². The molecule has 1 N–H and O–H groups in total. The Balaban J connectivity index is 2.09. The molecule has 1 aromatic carbocycles. The predicted octanol–water partition coefficient (Wildman–Crippen LogP) is 1.45. The van der Waals surface area contributed by atoms with Crippen LogP contribution >= 0.6 is 0 Å². The van der Waals surface area contributed by atoms with Crippen LogP contribution < -0.4 is 15.9 Å². The molecule has 8 heteroatoms. The van der Waals surface area contributed by atoms with E-state index in [9.17, 15) is 13.6 Å². The number of aromatic nitrogens is 2. The fourth-order valence-corrected chi connectivity index (χ4v) is 3.86. The van der Waals surface area contributed by atoms with E-state index in [0.717, 1.165) is 11.1 Å². The van der Waals surface area contributed by atoms with Gasteiger partial charge in [-0.05, 0) is 20.9 Å². The number of benzene rings is 1. The topological polar surface area (TPSA) is 53.4 Å². The molecule has 2 unspecified atom stereocenters. The van der Waals surface area contributed by atoms with Crippen molar-refractivity contribution in [1.29, 1.82) is 0 Å². The molecule has 2 atom stereocenters. The number of likely N-dealkylation sites (N-methyl/N-ethyl adjacent to an activating group) is 1. The maximum atomic E-state index is 14.8. The van der Waals surface area contributed by atoms with E-state index in [-0.39, 0.29) is 28.9 Å². The van der Waals surface area contributed by atoms with E-state index in [0.29, 0.717) is 24.3 Å². The average Bonchev–Trinajstić information content (AvgIpc) is 2.71. The molecule has 2 aliphatic rings. The molecule has 4 rings (SSSR count). The minimum Gasteiger partial charge on any atom is -0.380 e. The van der Waals surface area contributed by atoms with Crippen molar-refractivity contribution in [2.75, 3.05) is 36.9 Å². The zero-order chi connectivity index (χ0) is 18.0. The maximum absolute atomic E-state index is 14.8. The highest BCUT2D eigenvalue weighted by atomic mass is 19.1. The first-order chi connectivity index (χ1) is 11.8. The van der Waals surface area contributed by atoms with Gasteiger partial charge in [0.25, 0.3) is 0 Å². The van der Waals surface area contributed by atoms with Crippen LogP contribution in [0.4, 0.5) is 20.3 Å². The summed E-state index contributed by atoms with van der Waals surface area (Å²) in [4.78, 5) is 20.8. The van der Waals surface area contributed by atoms with Crippen molar-refractivity contribution in [3.8, 4) is 0 Å². The number of rotatable bonds is 0. The lowest BCUT2D eigenvalue weighted by molar-refractivity contribution is 0.203. The largest absolute Gasteiger partial charge is 0.380 e. The van der Waals surface area contributed by atoms with Gasteiger partial charge in [-0.2, -0.15) is 4.98 Å². The summed E-state index contributed by atoms with van der Waals surface area (Å²) in [5.74, 6) is -0.948. The number of halogens is 2. The number of nitrogens with one attached hydrogen (secondary N) is 1. The first kappa shape index (κ1) is 16.3. The lowest BCUT2D eigenvalue weighted by Gasteiger charge is -2.43. The molecule has 2 aromatic rings. The number of anilines is 2. The van der Waals surface area contributed by atoms with Crippen molar-refractivity contribution in [1.82, 2.24) is 14.5 Å². The summed E-state index contributed by atoms with van der Waals surface area (Å²) in [5, 5.41) is 3.49. The maximum Gasteiger partial charge on any atom is 0.349 e. The molecule has 134 valence electrons. The summed E-state index contributed by atoms with van der Waals surface area (Å²) in [6.07, 6.45) is 0. The molecule has 1 saturated heterocycles. The van der Waals surface area contributed by atoms with Crippen LogP contribution in [0.3, 0.4) is 0 Å². The highest BCUT2D eigenvalue weighted by Crippen LogP contribution is 2.39. The van der Waals surface area contributed by atoms with Crippen molar-refractivity contribution >= 4 is 22.4 Å². The van der Waals surface area contributed by atoms with Crippen LogP contribution in [-0.2, 0) is 7.05 Å². The lowest BCUT2D eigenvalue weighted by Crippen LogP contribution is -2.58. The van der Waals surface area contributed by atoms with Crippen molar-refractivity contribution in [2.45, 2.75) is 25.9 Å². The Hall–Kier alpha value is -2.22. The molecule has 0 spiro atoms. The molecule has 0 amide bonds. The molecule has 0 saturated carbocycles. The predicted molar refractivity (Wildman–Crippen MR) is 93.4 cm³/mol. The van der Waals surface area contributed by atoms with E-state index >= 15 is 0 Å². The first-order valence-corrected chi connectivity index (χ1v) is 8.40. The summed E-state index contributed by atoms with van der Waals surface area (Å²) < 4.78 is 30.8. The number of aryl methyl sites for hydroxylation is 1. The van der Waals surface area contributed by atoms with Gasteiger partial charge in [-0.15, -0.1) is 0 Å². The van der Waals surface area contributed by atoms with Crippen molar-refractivity contribution < 1.29 is 8.78 Å². The summed E-state index contributed by atoms with van der Waals surface area (Å²) in [7, 11) is 3.51. The van der Waals surface area contributed by atoms with Crippen molar-refractivity contribution in [3.05, 3.63) is 27.7 Å². The number of nitrogens with zero attached hydrogens (tertiary/aromatic N) is 4. The molecular formula is C17H21F2N5O. The Morgan fingerprint density at radius 2 is 1.92 bits per heavy atom. The molecule has 0 bridgehead atoms. The molecule has 1 aromatic heterocycles. The van der Waals surface area contributed by atoms with E-state index < -0.39 is 17.3 Å². The Bertz CT molecular complexity index is 941. The monoisotopic (exact) mass is 349 g/mol. The van der Waals surface area contributed by atoms with Crippen LogP contribution in [0.15, 0.2) is 4.79 Å². The molecular weight excluding hydrogens is 328 g/mol. The molecule has 0 radical (unpaired) electrons. The second-order valence-electron chi connectivity index (χ2n) is 7.10. The van der Waals surface area contributed by atoms with E-state index in [2.05, 4.69) is 22.1 Å². The third kappa shape index (κ3) is 2.16. The fourth-order valence-electron chi connectivity index (χ4n) is 3.86. The molecule has 6 nitrogen and oxygen atoms in total. The van der Waals surface area contributed by atoms with Gasteiger partial charge in [0.1, 0.15) is 5.82 Å². The van der Waals surface area contributed by atoms with Gasteiger partial charge in [0.2, 0.25) is 0 Å². The molecule has 3 heterocycles. The minimum absolute atomic E-state index is 0.0270. The first-order valence-electron chi connectivity index (χ1n) is 8.40. The molecule has 0 aliphatic carbocycles. The van der Waals surface area contributed by atoms with Crippen LogP contribution in [0.25, 0.3) is 10.9 Å². The highest BCUT2D eigenvalue weighted by molar-refractivity contribution is 6.02. The number of fused-ring (bicyclic) bond motifs is 2. The lowest BCUT2D eigenvalue weighted by atomic mass is 10.1. The van der Waals surface area contributed by atoms with Crippen LogP contribution in [0.2, 0.25) is 0 Å². The number of hydrogen-bond donors (Lipinski definition) is 1. The van der Waals surface area contributed by atoms with Crippen molar-refractivity contribution in [3.63, 3.8) is 0 Å². The van der Waals surface area contributed by atoms with Gasteiger partial charge >= 0.3 is 5.69 Å². The smallest absolute Gasteiger partial charge is 0.349 e. The normalized spacial score (nSPS) is 23.4. The van der Waals surface area contributed by atoms with E-state index in [1.807, 2.05) is 11.9 Å². The van der Waals surface area contributed by atoms with Gasteiger partial charge in [0, 0.05) is 38.3 Å². The van der Waals surface area contributed by atoms with Gasteiger partial charge in [-0.3, -0.25) is 9.47 Å². The Morgan fingerprint density at radius 1 is 1.20 bits per heavy atom. The van der Waals surface area contributed by atoms with Gasteiger partial charge in [0.15, 0.2) is 11.6 Å². The van der Waals surface area contributed by atoms with Gasteiger partial charge in [-0.25, -0.2) is 13.6 Å². The van der Waals surface area contributed by atoms with E-state index in [1.165, 1.54) is 14.0 Å². The Kier molecular flexibility index (Phi) is 3.50. The summed E-state index contributed by atoms with van der Waals surface area (Å²) >= 11 is 0. The highest BCUT2D eigenvalue weighted by Gasteiger charge is 2.36. The van der Waals surface area contributed by atoms with Crippen molar-refractivity contribution in [2.24, 2.45) is 7.05 Å². The molecule has 1 fully saturated rings. The third-order valence-corrected chi connectivity index (χ3v) is 5.56. The summed E-state index contributed by atoms with van der Waals surface area (Å²) in [5.41, 5.74) is -0.293. The molecule has 25 heavy (non-hydrogen) atoms. The van der Waals surface area contributed by atoms with Crippen LogP contribution in [-0.4, -0.2) is 53.2 Å². The van der Waals surface area contributed by atoms with Crippen LogP contribution in [0, 0.1) is 18.6 Å². The van der Waals surface area contributed by atoms with Crippen LogP contribution in [0.1, 0.15) is 12.5 Å².